The largest absolute Gasteiger partial charge is 0.504 e. The molecule has 0 radical (unpaired) electrons. The number of carbonyl (C=O) groups is 2. The first-order valence-electron chi connectivity index (χ1n) is 15.3. The van der Waals surface area contributed by atoms with Crippen molar-refractivity contribution in [1.29, 1.82) is 0 Å². The highest BCUT2D eigenvalue weighted by molar-refractivity contribution is 5.90. The fourth-order valence-corrected chi connectivity index (χ4v) is 5.54. The van der Waals surface area contributed by atoms with Crippen LogP contribution >= 0.6 is 0 Å². The molecule has 2 fully saturated rings. The Morgan fingerprint density at radius 2 is 1.53 bits per heavy atom. The van der Waals surface area contributed by atoms with Crippen LogP contribution in [0.15, 0.2) is 41.7 Å². The number of aliphatic hydroxyl groups is 7. The second-order valence-electron chi connectivity index (χ2n) is 11.6. The van der Waals surface area contributed by atoms with E-state index in [-0.39, 0.29) is 35.7 Å². The number of rotatable bonds is 12. The van der Waals surface area contributed by atoms with Gasteiger partial charge in [-0.15, -0.1) is 0 Å². The maximum absolute atomic E-state index is 13.1. The lowest BCUT2D eigenvalue weighted by molar-refractivity contribution is -0.327. The van der Waals surface area contributed by atoms with Gasteiger partial charge in [0.25, 0.3) is 0 Å². The van der Waals surface area contributed by atoms with E-state index >= 15 is 0 Å². The predicted molar refractivity (Wildman–Crippen MR) is 159 cm³/mol. The third-order valence-electron chi connectivity index (χ3n) is 8.39. The number of aliphatic hydroxyl groups excluding tert-OH is 7. The molecule has 0 amide bonds. The van der Waals surface area contributed by atoms with Crippen molar-refractivity contribution in [2.45, 2.75) is 87.5 Å². The summed E-state index contributed by atoms with van der Waals surface area (Å²) in [5.74, 6) is -3.47. The van der Waals surface area contributed by atoms with Crippen molar-refractivity contribution in [1.82, 2.24) is 0 Å². The SMILES string of the molecule is C/C=C1\[C@H](O[C@@H]2O[C@@H](CO)[C@@H](O)[C@H](O)[C@H]2O)OC=C(C(=O)OC)[C@H]1CC(=O)OC[C@H]1O[C@@H](OCCc2ccc(O)c(O)c2)[C@H](O)[C@@H](O)[C@@H]1O. The Kier molecular flexibility index (Phi) is 13.3. The van der Waals surface area contributed by atoms with Crippen LogP contribution in [0.2, 0.25) is 0 Å². The number of hydrogen-bond acceptors (Lipinski definition) is 18. The van der Waals surface area contributed by atoms with Crippen molar-refractivity contribution < 1.29 is 88.7 Å². The van der Waals surface area contributed by atoms with Crippen LogP contribution < -0.4 is 0 Å². The maximum Gasteiger partial charge on any atom is 0.337 e. The molecule has 0 unspecified atom stereocenters. The number of ether oxygens (including phenoxy) is 7. The van der Waals surface area contributed by atoms with Crippen LogP contribution in [0.25, 0.3) is 0 Å². The Hall–Kier alpha value is -3.40. The Morgan fingerprint density at radius 3 is 2.16 bits per heavy atom. The summed E-state index contributed by atoms with van der Waals surface area (Å²) < 4.78 is 37.9. The van der Waals surface area contributed by atoms with Gasteiger partial charge in [-0.05, 0) is 31.0 Å². The van der Waals surface area contributed by atoms with Crippen LogP contribution in [-0.2, 0) is 49.2 Å². The highest BCUT2D eigenvalue weighted by atomic mass is 16.8. The Bertz CT molecular complexity index is 1350. The van der Waals surface area contributed by atoms with Crippen LogP contribution in [0.4, 0.5) is 0 Å². The van der Waals surface area contributed by atoms with Crippen LogP contribution in [0.5, 0.6) is 11.5 Å². The van der Waals surface area contributed by atoms with Gasteiger partial charge in [0.1, 0.15) is 55.4 Å². The zero-order valence-corrected chi connectivity index (χ0v) is 26.5. The van der Waals surface area contributed by atoms with Crippen molar-refractivity contribution >= 4 is 11.9 Å². The first kappa shape index (κ1) is 38.4. The molecular weight excluding hydrogens is 660 g/mol. The normalized spacial score (nSPS) is 35.7. The van der Waals surface area contributed by atoms with Gasteiger partial charge < -0.3 is 79.1 Å². The van der Waals surface area contributed by atoms with Crippen LogP contribution in [0.3, 0.4) is 0 Å². The second kappa shape index (κ2) is 17.0. The smallest absolute Gasteiger partial charge is 0.337 e. The van der Waals surface area contributed by atoms with E-state index < -0.39 is 105 Å². The zero-order chi connectivity index (χ0) is 36.0. The van der Waals surface area contributed by atoms with Gasteiger partial charge in [-0.2, -0.15) is 0 Å². The molecule has 0 aliphatic carbocycles. The number of phenolic OH excluding ortho intramolecular Hbond substituents is 2. The number of hydrogen-bond donors (Lipinski definition) is 9. The van der Waals surface area contributed by atoms with E-state index in [1.165, 1.54) is 18.2 Å². The summed E-state index contributed by atoms with van der Waals surface area (Å²) in [6.45, 7) is 0.170. The van der Waals surface area contributed by atoms with Crippen molar-refractivity contribution in [3.63, 3.8) is 0 Å². The number of carbonyl (C=O) groups excluding carboxylic acids is 2. The fourth-order valence-electron chi connectivity index (χ4n) is 5.54. The highest BCUT2D eigenvalue weighted by Gasteiger charge is 2.48. The molecule has 12 atom stereocenters. The molecular formula is C31H42O18. The topological polar surface area (TPSA) is 281 Å². The lowest BCUT2D eigenvalue weighted by Crippen LogP contribution is -2.60. The zero-order valence-electron chi connectivity index (χ0n) is 26.5. The molecule has 0 spiro atoms. The Balaban J connectivity index is 1.39. The standard InChI is InChI=1S/C31H42O18/c1-3-14-15(16(28(42)43-2)11-46-29(14)49-31-27(41)24(38)22(36)19(10-32)47-31)9-21(35)45-12-20-23(37)25(39)26(40)30(48-20)44-7-6-13-4-5-17(33)18(34)8-13/h3-5,8,11,15,19-20,22-27,29-34,36-41H,6-7,9-10,12H2,1-2H3/b14-3-/t15-,19-,20+,22+,23+,24-,25-,26+,27+,29-,30+,31-/m0/s1. The van der Waals surface area contributed by atoms with Gasteiger partial charge in [0.05, 0.1) is 38.6 Å². The minimum atomic E-state index is -1.77. The van der Waals surface area contributed by atoms with E-state index in [9.17, 15) is 55.5 Å². The summed E-state index contributed by atoms with van der Waals surface area (Å²) >= 11 is 0. The second-order valence-corrected chi connectivity index (χ2v) is 11.6. The van der Waals surface area contributed by atoms with Crippen molar-refractivity contribution in [2.24, 2.45) is 5.92 Å². The molecule has 0 bridgehead atoms. The highest BCUT2D eigenvalue weighted by Crippen LogP contribution is 2.36. The lowest BCUT2D eigenvalue weighted by atomic mass is 9.86. The van der Waals surface area contributed by atoms with Crippen molar-refractivity contribution in [3.8, 4) is 11.5 Å². The van der Waals surface area contributed by atoms with E-state index in [2.05, 4.69) is 0 Å². The van der Waals surface area contributed by atoms with Crippen LogP contribution in [0, 0.1) is 5.92 Å². The molecule has 1 aromatic carbocycles. The van der Waals surface area contributed by atoms with E-state index in [0.29, 0.717) is 5.56 Å². The Labute approximate surface area is 279 Å². The quantitative estimate of drug-likeness (QED) is 0.0604. The molecule has 3 aliphatic heterocycles. The molecule has 0 aromatic heterocycles. The molecule has 4 rings (SSSR count). The molecule has 2 saturated heterocycles. The maximum atomic E-state index is 13.1. The molecule has 274 valence electrons. The third kappa shape index (κ3) is 8.86. The average Bonchev–Trinajstić information content (AvgIpc) is 3.09. The number of esters is 2. The monoisotopic (exact) mass is 702 g/mol. The van der Waals surface area contributed by atoms with Crippen molar-refractivity contribution in [2.75, 3.05) is 26.9 Å². The minimum Gasteiger partial charge on any atom is -0.504 e. The summed E-state index contributed by atoms with van der Waals surface area (Å²) in [5.41, 5.74) is 0.658. The number of phenols is 2. The van der Waals surface area contributed by atoms with Gasteiger partial charge >= 0.3 is 11.9 Å². The third-order valence-corrected chi connectivity index (χ3v) is 8.39. The fraction of sp³-hybridized carbons (Fsp3) is 0.613. The number of methoxy groups -OCH3 is 1. The van der Waals surface area contributed by atoms with Crippen LogP contribution in [-0.4, -0.2) is 153 Å². The molecule has 18 nitrogen and oxygen atoms in total. The van der Waals surface area contributed by atoms with E-state index in [4.69, 9.17) is 33.2 Å². The van der Waals surface area contributed by atoms with Gasteiger partial charge in [-0.1, -0.05) is 12.1 Å². The first-order chi connectivity index (χ1) is 23.3. The summed E-state index contributed by atoms with van der Waals surface area (Å²) in [7, 11) is 1.11. The predicted octanol–water partition coefficient (Wildman–Crippen LogP) is -2.81. The molecule has 0 saturated carbocycles. The summed E-state index contributed by atoms with van der Waals surface area (Å²) in [5, 5.41) is 90.5. The molecule has 3 heterocycles. The Morgan fingerprint density at radius 1 is 0.878 bits per heavy atom. The molecule has 18 heteroatoms. The number of aromatic hydroxyl groups is 2. The van der Waals surface area contributed by atoms with E-state index in [1.54, 1.807) is 13.0 Å². The van der Waals surface area contributed by atoms with E-state index in [0.717, 1.165) is 13.4 Å². The first-order valence-corrected chi connectivity index (χ1v) is 15.3. The van der Waals surface area contributed by atoms with Gasteiger partial charge in [-0.25, -0.2) is 4.79 Å². The summed E-state index contributed by atoms with van der Waals surface area (Å²) in [6.07, 6.45) is -15.1. The number of allylic oxidation sites excluding steroid dienone is 1. The van der Waals surface area contributed by atoms with Crippen LogP contribution in [0.1, 0.15) is 18.9 Å². The van der Waals surface area contributed by atoms with Gasteiger partial charge in [-0.3, -0.25) is 4.79 Å². The molecule has 49 heavy (non-hydrogen) atoms. The number of benzene rings is 1. The van der Waals surface area contributed by atoms with E-state index in [1.807, 2.05) is 0 Å². The summed E-state index contributed by atoms with van der Waals surface area (Å²) in [4.78, 5) is 25.7. The summed E-state index contributed by atoms with van der Waals surface area (Å²) in [6, 6.07) is 4.15. The van der Waals surface area contributed by atoms with Crippen molar-refractivity contribution in [3.05, 3.63) is 47.2 Å². The molecule has 3 aliphatic rings. The average molecular weight is 703 g/mol. The van der Waals surface area contributed by atoms with Gasteiger partial charge in [0.15, 0.2) is 24.1 Å². The minimum absolute atomic E-state index is 0.0633. The van der Waals surface area contributed by atoms with Gasteiger partial charge in [0, 0.05) is 11.5 Å². The molecule has 1 aromatic rings. The van der Waals surface area contributed by atoms with Gasteiger partial charge in [0.2, 0.25) is 6.29 Å². The lowest BCUT2D eigenvalue weighted by Gasteiger charge is -2.42. The molecule has 9 N–H and O–H groups in total.